The van der Waals surface area contributed by atoms with E-state index in [4.69, 9.17) is 18.6 Å². The van der Waals surface area contributed by atoms with Crippen molar-refractivity contribution in [2.24, 2.45) is 0 Å². The Balaban J connectivity index is -0.0000000181. The predicted octanol–water partition coefficient (Wildman–Crippen LogP) is 1.21. The average molecular weight is 315 g/mol. The monoisotopic (exact) mass is 316 g/mol. The molecule has 0 aromatic carbocycles. The molecule has 0 saturated carbocycles. The Morgan fingerprint density at radius 3 is 1.00 bits per heavy atom. The molecule has 0 bridgehead atoms. The van der Waals surface area contributed by atoms with Crippen LogP contribution in [-0.2, 0) is 34.5 Å². The molecule has 0 N–H and O–H groups in total. The van der Waals surface area contributed by atoms with Crippen LogP contribution in [0.4, 0.5) is 0 Å². The maximum atomic E-state index is 7.50. The van der Waals surface area contributed by atoms with Crippen LogP contribution in [0.15, 0.2) is 0 Å². The van der Waals surface area contributed by atoms with Gasteiger partial charge in [0.2, 0.25) is 0 Å². The van der Waals surface area contributed by atoms with E-state index >= 15 is 0 Å². The summed E-state index contributed by atoms with van der Waals surface area (Å²) in [5.74, 6) is 0. The number of hydrogen-bond donors (Lipinski definition) is 0. The van der Waals surface area contributed by atoms with Gasteiger partial charge in [-0.05, 0) is 0 Å². The topological polar surface area (TPSA) is 79.6 Å². The third-order valence-electron chi connectivity index (χ3n) is 0.0772. The van der Waals surface area contributed by atoms with Gasteiger partial charge in [-0.25, -0.2) is 0 Å². The van der Waals surface area contributed by atoms with Gasteiger partial charge in [-0.3, -0.25) is 0 Å². The van der Waals surface area contributed by atoms with Crippen molar-refractivity contribution in [2.75, 3.05) is 0 Å². The minimum atomic E-state index is 0.0442. The van der Waals surface area contributed by atoms with Crippen LogP contribution >= 0.6 is 13.3 Å². The summed E-state index contributed by atoms with van der Waals surface area (Å²) < 4.78 is 33.0. The third kappa shape index (κ3) is 953. The van der Waals surface area contributed by atoms with E-state index in [-0.39, 0.29) is 15.8 Å². The van der Waals surface area contributed by atoms with Gasteiger partial charge in [0.05, 0.1) is 0 Å². The summed E-state index contributed by atoms with van der Waals surface area (Å²) in [5, 5.41) is 0. The molecule has 0 heterocycles. The summed E-state index contributed by atoms with van der Waals surface area (Å²) in [6, 6.07) is 0. The van der Waals surface area contributed by atoms with Gasteiger partial charge in [-0.15, -0.1) is 0 Å². The number of halogens is 1. The number of rotatable bonds is 0. The molecule has 0 atom stereocenters. The van der Waals surface area contributed by atoms with Crippen LogP contribution in [0.5, 0.6) is 0 Å². The zero-order chi connectivity index (χ0) is 11.4. The first-order chi connectivity index (χ1) is 5.91. The molecule has 0 rings (SSSR count). The van der Waals surface area contributed by atoms with Crippen molar-refractivity contribution < 1.29 is 34.5 Å². The second kappa shape index (κ2) is 294. The van der Waals surface area contributed by atoms with Gasteiger partial charge in [-0.2, -0.15) is 0 Å². The first kappa shape index (κ1) is 29.7. The van der Waals surface area contributed by atoms with Crippen LogP contribution in [0, 0.1) is 30.8 Å². The molecule has 0 aliphatic rings. The molecule has 0 saturated heterocycles. The fraction of sp³-hybridized carbons (Fsp3) is 0.167. The normalized spacial score (nSPS) is 2.17. The first-order valence-electron chi connectivity index (χ1n) is 1.67. The molecule has 4 nitrogen and oxygen atoms in total. The molecule has 0 unspecified atom stereocenters. The second-order valence-corrected chi connectivity index (χ2v) is 3.58. The van der Waals surface area contributed by atoms with Crippen LogP contribution in [0.25, 0.3) is 0 Å². The summed E-state index contributed by atoms with van der Waals surface area (Å²) in [6.45, 7) is 19.9. The van der Waals surface area contributed by atoms with Gasteiger partial charge in [-0.1, -0.05) is 0 Å². The van der Waals surface area contributed by atoms with E-state index < -0.39 is 0 Å². The Bertz CT molecular complexity index is 141. The van der Waals surface area contributed by atoms with Gasteiger partial charge in [0.1, 0.15) is 0 Å². The molecule has 12 heavy (non-hydrogen) atoms. The van der Waals surface area contributed by atoms with Crippen LogP contribution in [-0.4, -0.2) is 0 Å². The van der Waals surface area contributed by atoms with Crippen LogP contribution in [0.1, 0.15) is 6.92 Å². The van der Waals surface area contributed by atoms with Crippen LogP contribution < -0.4 is 0 Å². The SMILES string of the molecule is C[C]#[Mo][Br].[C-]#[O+].[C-]#[O+].[C-]#[O+].[C-]#[O+]. The van der Waals surface area contributed by atoms with Crippen molar-refractivity contribution in [3.63, 3.8) is 0 Å². The number of hydrogen-bond acceptors (Lipinski definition) is 0. The van der Waals surface area contributed by atoms with Crippen molar-refractivity contribution >= 4 is 13.3 Å². The van der Waals surface area contributed by atoms with E-state index in [2.05, 4.69) is 44.1 Å². The molecular weight excluding hydrogens is 312 g/mol. The fourth-order valence-electron chi connectivity index (χ4n) is 0. The molecule has 0 spiro atoms. The Kier molecular flexibility index (Phi) is 728. The van der Waals surface area contributed by atoms with Crippen LogP contribution in [0.2, 0.25) is 0 Å². The fourth-order valence-corrected chi connectivity index (χ4v) is 0. The third-order valence-corrected chi connectivity index (χ3v) is 2.37. The zero-order valence-corrected chi connectivity index (χ0v) is 9.51. The van der Waals surface area contributed by atoms with E-state index in [1.807, 2.05) is 6.92 Å². The molecule has 0 aromatic heterocycles. The molecular formula is C6H3BrMoO4. The van der Waals surface area contributed by atoms with Crippen LogP contribution in [0.3, 0.4) is 0 Å². The average Bonchev–Trinajstić information content (AvgIpc) is 2.29. The molecule has 0 aliphatic carbocycles. The summed E-state index contributed by atoms with van der Waals surface area (Å²) >= 11 is 3.31. The summed E-state index contributed by atoms with van der Waals surface area (Å²) in [6.07, 6.45) is 0. The Morgan fingerprint density at radius 2 is 1.00 bits per heavy atom. The zero-order valence-electron chi connectivity index (χ0n) is 5.92. The molecule has 0 radical (unpaired) electrons. The summed E-state index contributed by atoms with van der Waals surface area (Å²) in [7, 11) is 0. The predicted molar refractivity (Wildman–Crippen MR) is 34.2 cm³/mol. The Hall–Kier alpha value is -0.0917. The van der Waals surface area contributed by atoms with E-state index in [1.54, 1.807) is 0 Å². The van der Waals surface area contributed by atoms with Crippen molar-refractivity contribution in [2.45, 2.75) is 6.92 Å². The Labute approximate surface area is 85.4 Å². The van der Waals surface area contributed by atoms with Crippen molar-refractivity contribution in [1.29, 1.82) is 0 Å². The maximum absolute atomic E-state index is 7.50. The van der Waals surface area contributed by atoms with Gasteiger partial charge in [0.25, 0.3) is 0 Å². The summed E-state index contributed by atoms with van der Waals surface area (Å²) in [4.78, 5) is 0. The van der Waals surface area contributed by atoms with Crippen molar-refractivity contribution in [3.05, 3.63) is 26.6 Å². The van der Waals surface area contributed by atoms with E-state index in [0.717, 1.165) is 0 Å². The standard InChI is InChI=1S/C2H3.4CO.BrH.Mo/c5*1-2;;/h1H3;;;;;1H;/q;;;;;;+1/p-1. The van der Waals surface area contributed by atoms with Gasteiger partial charge >= 0.3 is 85.5 Å². The second-order valence-electron chi connectivity index (χ2n) is 0.281. The first-order valence-corrected chi connectivity index (χ1v) is 7.27. The van der Waals surface area contributed by atoms with E-state index in [0.29, 0.717) is 0 Å². The molecule has 6 heteroatoms. The van der Waals surface area contributed by atoms with E-state index in [1.165, 1.54) is 0 Å². The molecule has 0 aliphatic heterocycles. The van der Waals surface area contributed by atoms with Gasteiger partial charge in [0, 0.05) is 0 Å². The summed E-state index contributed by atoms with van der Waals surface area (Å²) in [5.41, 5.74) is 0. The van der Waals surface area contributed by atoms with Crippen molar-refractivity contribution in [1.82, 2.24) is 0 Å². The molecule has 0 aromatic rings. The molecule has 0 amide bonds. The van der Waals surface area contributed by atoms with Crippen molar-refractivity contribution in [3.8, 4) is 4.20 Å². The quantitative estimate of drug-likeness (QED) is 0.366. The van der Waals surface area contributed by atoms with Gasteiger partial charge < -0.3 is 0 Å². The molecule has 0 fully saturated rings. The Morgan fingerprint density at radius 1 is 0.917 bits per heavy atom. The molecule has 64 valence electrons. The van der Waals surface area contributed by atoms with E-state index in [9.17, 15) is 0 Å². The van der Waals surface area contributed by atoms with Gasteiger partial charge in [0.15, 0.2) is 0 Å². The minimum absolute atomic E-state index is 0.0442.